The predicted molar refractivity (Wildman–Crippen MR) is 370 cm³/mol. The summed E-state index contributed by atoms with van der Waals surface area (Å²) in [6.45, 7) is -3.49. The molecule has 27 nitrogen and oxygen atoms in total. The van der Waals surface area contributed by atoms with Crippen LogP contribution in [0.1, 0.15) is 150 Å². The van der Waals surface area contributed by atoms with Crippen molar-refractivity contribution < 1.29 is 72.9 Å². The van der Waals surface area contributed by atoms with E-state index < -0.39 is 106 Å². The summed E-state index contributed by atoms with van der Waals surface area (Å²) in [5, 5.41) is 46.1. The van der Waals surface area contributed by atoms with E-state index in [1.807, 2.05) is 0 Å². The molecule has 0 fully saturated rings. The Hall–Kier alpha value is -10.4. The smallest absolute Gasteiger partial charge is 0.220 e. The number of rotatable bonds is 19. The Kier molecular flexibility index (Phi) is 19.9. The topological polar surface area (TPSA) is 383 Å². The first-order valence-electron chi connectivity index (χ1n) is 35.9. The number of aliphatic hydroxyl groups is 3. The molecule has 0 aliphatic carbocycles. The molecule has 0 saturated carbocycles. The van der Waals surface area contributed by atoms with Crippen molar-refractivity contribution in [3.8, 4) is 34.3 Å². The van der Waals surface area contributed by atoms with Crippen molar-refractivity contribution in [2.75, 3.05) is 41.6 Å². The highest BCUT2D eigenvalue weighted by atomic mass is 35.5. The summed E-state index contributed by atoms with van der Waals surface area (Å²) in [6.07, 6.45) is 6.53. The second-order valence-corrected chi connectivity index (χ2v) is 22.9. The Morgan fingerprint density at radius 1 is 0.535 bits per heavy atom. The number of carbonyl (C=O) groups is 3. The molecule has 0 aliphatic rings. The average molecular weight is 1440 g/mol. The van der Waals surface area contributed by atoms with E-state index in [4.69, 9.17) is 76.3 Å². The Morgan fingerprint density at radius 3 is 1.40 bits per heavy atom. The van der Waals surface area contributed by atoms with Gasteiger partial charge in [-0.05, 0) is 96.1 Å². The summed E-state index contributed by atoms with van der Waals surface area (Å²) in [6, 6.07) is 15.6. The number of nitrogens with zero attached hydrogens (tertiary/aromatic N) is 14. The van der Waals surface area contributed by atoms with Crippen LogP contribution in [-0.2, 0) is 30.8 Å². The Labute approximate surface area is 603 Å². The van der Waals surface area contributed by atoms with Gasteiger partial charge in [0.25, 0.3) is 0 Å². The lowest BCUT2D eigenvalue weighted by Crippen LogP contribution is -2.18. The number of Topliss-reactive ketones (excluding diaryl/α,β-unsaturated/α-hetero) is 3. The quantitative estimate of drug-likeness (QED) is 0.0275. The Bertz CT molecular complexity index is 5080. The monoisotopic (exact) mass is 1440 g/mol. The number of nitrogens with one attached hydrogen (secondary N) is 3. The van der Waals surface area contributed by atoms with Gasteiger partial charge in [0.1, 0.15) is 46.9 Å². The largest absolute Gasteiger partial charge is 0.492 e. The molecule has 0 amide bonds. The van der Waals surface area contributed by atoms with Crippen LogP contribution in [-0.4, -0.2) is 116 Å². The Morgan fingerprint density at radius 2 is 0.970 bits per heavy atom. The number of hydrogen-bond acceptors (Lipinski definition) is 25. The van der Waals surface area contributed by atoms with Gasteiger partial charge >= 0.3 is 0 Å². The fourth-order valence-corrected chi connectivity index (χ4v) is 8.94. The second-order valence-electron chi connectivity index (χ2n) is 21.7. The number of carbonyl (C=O) groups excluding carboxylic acids is 3. The van der Waals surface area contributed by atoms with Gasteiger partial charge in [0.2, 0.25) is 17.8 Å². The Balaban J connectivity index is 0.000000242. The number of ketones is 3. The fraction of sp³-hybridized carbons (Fsp3) is 0.288. The molecule has 0 spiro atoms. The first kappa shape index (κ1) is 57.7. The van der Waals surface area contributed by atoms with Crippen LogP contribution in [0.4, 0.5) is 59.6 Å². The van der Waals surface area contributed by atoms with Crippen LogP contribution >= 0.6 is 34.8 Å². The third kappa shape index (κ3) is 21.3. The van der Waals surface area contributed by atoms with E-state index in [0.29, 0.717) is 16.0 Å². The average Bonchev–Trinajstić information content (AvgIpc) is 1.53. The highest BCUT2D eigenvalue weighted by Crippen LogP contribution is 2.37. The van der Waals surface area contributed by atoms with Gasteiger partial charge in [-0.2, -0.15) is 23.4 Å². The van der Waals surface area contributed by atoms with Gasteiger partial charge in [0.05, 0.1) is 74.6 Å². The maximum absolute atomic E-state index is 14.6. The summed E-state index contributed by atoms with van der Waals surface area (Å²) in [5.41, 5.74) is 7.84. The number of ether oxygens (including phenoxy) is 2. The van der Waals surface area contributed by atoms with Gasteiger partial charge in [0, 0.05) is 114 Å². The zero-order valence-corrected chi connectivity index (χ0v) is 55.8. The zero-order valence-electron chi connectivity index (χ0n) is 68.6. The first-order chi connectivity index (χ1) is 52.5. The number of nitrogen functional groups attached to an aromatic ring is 2. The standard InChI is InChI=1S/C25H27FN8O3.C16H17ClFN3O2.C9H11N5O.C8H7Cl2NO.C8H11FN2O/c1-6-18(35)15-12-28-20(31-19-8-7-16(22(26)32-19)25(2,3)36)11-17(15)30-24-21(37-5)14(9-10-27-24)23-29-13-34(4)33-23;1-4-12(22)9-8-19-14(7-11(9)17)20-13-6-5-10(15(18)21-13)16(2,3)23;1-14-5-12-9(13-14)6-3-4-11-8(10)7(6)15-2;1-2-7(12)5-4-11-8(10)3-6(5)9;1-8(2,12)5-3-4-6(10)11-7(5)9/h7-13,36H,6H2,1-5H3,(H2,27,28,30,31,32);5-8,23H,4H2,1-3H3,(H,19,20,21);3-5H,1-2H3,(H2,10,11);3-4H,2H2,1H3;3-4,12H,1-2H3,(H2,10,11)/i1D3,4D3;3*1D3;. The molecule has 0 atom stereocenters. The van der Waals surface area contributed by atoms with Crippen LogP contribution in [0.3, 0.4) is 0 Å². The first-order valence-corrected chi connectivity index (χ1v) is 29.6. The minimum absolute atomic E-state index is 0.00939. The zero-order chi connectivity index (χ0) is 85.8. The summed E-state index contributed by atoms with van der Waals surface area (Å²) in [5.74, 6) is -2.92. The lowest BCUT2D eigenvalue weighted by Gasteiger charge is -2.18. The van der Waals surface area contributed by atoms with Crippen molar-refractivity contribution in [3.05, 3.63) is 177 Å². The summed E-state index contributed by atoms with van der Waals surface area (Å²) < 4.78 is 163. The molecule has 33 heteroatoms. The number of aryl methyl sites for hydroxylation is 2. The molecule has 522 valence electrons. The third-order valence-corrected chi connectivity index (χ3v) is 13.8. The van der Waals surface area contributed by atoms with E-state index in [2.05, 4.69) is 76.0 Å². The molecule has 0 saturated heterocycles. The van der Waals surface area contributed by atoms with Crippen molar-refractivity contribution in [2.24, 2.45) is 14.0 Å². The van der Waals surface area contributed by atoms with Crippen molar-refractivity contribution in [2.45, 2.75) is 98.2 Å². The van der Waals surface area contributed by atoms with Crippen molar-refractivity contribution in [3.63, 3.8) is 0 Å². The molecule has 10 rings (SSSR count). The van der Waals surface area contributed by atoms with Crippen LogP contribution in [0, 0.1) is 17.8 Å². The minimum atomic E-state index is -2.56. The van der Waals surface area contributed by atoms with Gasteiger partial charge in [0.15, 0.2) is 52.1 Å². The third-order valence-electron chi connectivity index (χ3n) is 13.0. The normalized spacial score (nSPS) is 13.9. The molecular weight excluding hydrogens is 1350 g/mol. The van der Waals surface area contributed by atoms with E-state index in [1.165, 1.54) is 135 Å². The van der Waals surface area contributed by atoms with E-state index in [-0.39, 0.29) is 118 Å². The van der Waals surface area contributed by atoms with Gasteiger partial charge in [-0.1, -0.05) is 55.4 Å². The molecule has 10 heterocycles. The van der Waals surface area contributed by atoms with E-state index in [9.17, 15) is 42.9 Å². The highest BCUT2D eigenvalue weighted by Gasteiger charge is 2.26. The number of hydrogen-bond donors (Lipinski definition) is 8. The molecule has 0 unspecified atom stereocenters. The van der Waals surface area contributed by atoms with Gasteiger partial charge in [-0.3, -0.25) is 23.7 Å². The lowest BCUT2D eigenvalue weighted by atomic mass is 10.0. The molecule has 0 radical (unpaired) electrons. The molecule has 0 bridgehead atoms. The lowest BCUT2D eigenvalue weighted by molar-refractivity contribution is 0.0730. The predicted octanol–water partition coefficient (Wildman–Crippen LogP) is 12.4. The van der Waals surface area contributed by atoms with Gasteiger partial charge in [-0.25, -0.2) is 49.8 Å². The van der Waals surface area contributed by atoms with Crippen LogP contribution in [0.15, 0.2) is 110 Å². The van der Waals surface area contributed by atoms with E-state index >= 15 is 0 Å². The summed E-state index contributed by atoms with van der Waals surface area (Å²) in [4.78, 5) is 75.2. The maximum Gasteiger partial charge on any atom is 0.220 e. The SMILES string of the molecule is CC(C)(O)c1ccc(N)nc1F.[2H]C([2H])([2H])CC(=O)c1cnc(Cl)cc1Cl.[2H]C([2H])([2H])CC(=O)c1cnc(Nc2ccc(C(C)(C)O)c(F)n2)cc1Cl.[2H]C([2H])([2H])CC(=O)c1cnc(Nc2ccc(C(C)(C)O)c(F)n2)cc1Nc1nccc(-c2ncn(C([2H])([2H])[2H])n2)c1OC.[2H]C([2H])([2H])n1cnc(-c2ccnc(N)c2OC)n1. The number of pyridine rings is 8. The fourth-order valence-electron chi connectivity index (χ4n) is 8.22. The minimum Gasteiger partial charge on any atom is -0.492 e. The van der Waals surface area contributed by atoms with Crippen molar-refractivity contribution >= 4 is 98.6 Å². The van der Waals surface area contributed by atoms with E-state index in [0.717, 1.165) is 29.7 Å². The molecule has 0 aromatic carbocycles. The van der Waals surface area contributed by atoms with Crippen molar-refractivity contribution in [1.82, 2.24) is 69.4 Å². The number of methoxy groups -OCH3 is 2. The number of anilines is 8. The van der Waals surface area contributed by atoms with E-state index in [1.54, 1.807) is 6.07 Å². The molecule has 0 aliphatic heterocycles. The number of halogens is 6. The maximum atomic E-state index is 14.6. The van der Waals surface area contributed by atoms with Gasteiger partial charge < -0.3 is 52.2 Å². The molecule has 10 N–H and O–H groups in total. The number of aromatic nitrogens is 14. The van der Waals surface area contributed by atoms with Gasteiger partial charge in [-0.15, -0.1) is 0 Å². The molecular formula is C66H73Cl3F3N19O8. The molecule has 10 aromatic heterocycles. The number of nitrogens with two attached hydrogens (primary N) is 2. The summed E-state index contributed by atoms with van der Waals surface area (Å²) in [7, 11) is 2.78. The van der Waals surface area contributed by atoms with Crippen LogP contribution < -0.4 is 36.9 Å². The van der Waals surface area contributed by atoms with Crippen LogP contribution in [0.25, 0.3) is 22.8 Å². The molecule has 99 heavy (non-hydrogen) atoms. The summed E-state index contributed by atoms with van der Waals surface area (Å²) >= 11 is 17.3. The molecule has 10 aromatic rings. The van der Waals surface area contributed by atoms with Crippen molar-refractivity contribution in [1.29, 1.82) is 0 Å². The van der Waals surface area contributed by atoms with Crippen LogP contribution in [0.5, 0.6) is 11.5 Å². The van der Waals surface area contributed by atoms with Crippen LogP contribution in [0.2, 0.25) is 15.2 Å². The highest BCUT2D eigenvalue weighted by molar-refractivity contribution is 6.36. The second kappa shape index (κ2) is 34.2.